The van der Waals surface area contributed by atoms with E-state index in [4.69, 9.17) is 4.74 Å². The van der Waals surface area contributed by atoms with Crippen LogP contribution in [0.4, 0.5) is 5.82 Å². The van der Waals surface area contributed by atoms with E-state index in [1.807, 2.05) is 42.5 Å². The van der Waals surface area contributed by atoms with Gasteiger partial charge in [-0.15, -0.1) is 0 Å². The zero-order valence-electron chi connectivity index (χ0n) is 13.1. The summed E-state index contributed by atoms with van der Waals surface area (Å²) in [5.41, 5.74) is 0.862. The molecule has 0 aliphatic heterocycles. The molecule has 1 fully saturated rings. The van der Waals surface area contributed by atoms with Crippen molar-refractivity contribution in [3.63, 3.8) is 0 Å². The number of ether oxygens (including phenoxy) is 1. The number of aromatic nitrogens is 2. The van der Waals surface area contributed by atoms with Crippen molar-refractivity contribution in [1.82, 2.24) is 9.97 Å². The van der Waals surface area contributed by atoms with Gasteiger partial charge in [0, 0.05) is 23.7 Å². The fraction of sp³-hybridized carbons (Fsp3) is 0.211. The first-order valence-corrected chi connectivity index (χ1v) is 8.02. The van der Waals surface area contributed by atoms with E-state index in [2.05, 4.69) is 15.3 Å². The predicted molar refractivity (Wildman–Crippen MR) is 91.7 cm³/mol. The molecule has 3 aromatic rings. The monoisotopic (exact) mass is 319 g/mol. The van der Waals surface area contributed by atoms with Crippen LogP contribution in [-0.2, 0) is 4.79 Å². The Morgan fingerprint density at radius 3 is 2.67 bits per heavy atom. The van der Waals surface area contributed by atoms with Crippen molar-refractivity contribution in [2.24, 2.45) is 5.92 Å². The van der Waals surface area contributed by atoms with Gasteiger partial charge in [-0.25, -0.2) is 4.98 Å². The molecule has 0 unspecified atom stereocenters. The minimum Gasteiger partial charge on any atom is -0.488 e. The number of nitrogens with zero attached hydrogens (tertiary/aromatic N) is 2. The number of rotatable bonds is 4. The van der Waals surface area contributed by atoms with Crippen molar-refractivity contribution in [2.45, 2.75) is 18.9 Å². The van der Waals surface area contributed by atoms with Crippen LogP contribution in [0.15, 0.2) is 60.9 Å². The summed E-state index contributed by atoms with van der Waals surface area (Å²) in [4.78, 5) is 20.7. The highest BCUT2D eigenvalue weighted by Gasteiger charge is 2.36. The molecule has 1 N–H and O–H groups in total. The summed E-state index contributed by atoms with van der Waals surface area (Å²) in [7, 11) is 0. The molecule has 2 heterocycles. The van der Waals surface area contributed by atoms with Crippen molar-refractivity contribution in [1.29, 1.82) is 0 Å². The Balaban J connectivity index is 1.37. The lowest BCUT2D eigenvalue weighted by molar-refractivity contribution is -0.125. The molecule has 0 bridgehead atoms. The van der Waals surface area contributed by atoms with Gasteiger partial charge in [0.1, 0.15) is 23.2 Å². The van der Waals surface area contributed by atoms with E-state index in [-0.39, 0.29) is 17.9 Å². The quantitative estimate of drug-likeness (QED) is 0.800. The van der Waals surface area contributed by atoms with Gasteiger partial charge in [-0.2, -0.15) is 0 Å². The van der Waals surface area contributed by atoms with Crippen LogP contribution < -0.4 is 10.1 Å². The molecule has 5 heteroatoms. The number of hydrogen-bond acceptors (Lipinski definition) is 4. The first kappa shape index (κ1) is 14.6. The number of para-hydroxylation sites is 1. The maximum Gasteiger partial charge on any atom is 0.228 e. The van der Waals surface area contributed by atoms with Crippen molar-refractivity contribution in [3.8, 4) is 5.75 Å². The third-order valence-corrected chi connectivity index (χ3v) is 4.27. The highest BCUT2D eigenvalue weighted by Crippen LogP contribution is 2.34. The largest absolute Gasteiger partial charge is 0.488 e. The fourth-order valence-electron chi connectivity index (χ4n) is 2.89. The maximum absolute atomic E-state index is 12.2. The molecule has 5 nitrogen and oxygen atoms in total. The third kappa shape index (κ3) is 2.93. The number of anilines is 1. The molecule has 0 saturated heterocycles. The standard InChI is InChI=1S/C19H17N3O2/c23-19(22-17-8-1-2-9-20-17)14-11-15(12-14)24-16-7-3-5-13-6-4-10-21-18(13)16/h1-10,14-15H,11-12H2,(H,20,22,23)/t14-,15-. The average molecular weight is 319 g/mol. The number of benzene rings is 1. The van der Waals surface area contributed by atoms with Crippen molar-refractivity contribution < 1.29 is 9.53 Å². The van der Waals surface area contributed by atoms with Gasteiger partial charge in [-0.3, -0.25) is 9.78 Å². The lowest BCUT2D eigenvalue weighted by Crippen LogP contribution is -2.41. The highest BCUT2D eigenvalue weighted by atomic mass is 16.5. The fourth-order valence-corrected chi connectivity index (χ4v) is 2.89. The Morgan fingerprint density at radius 1 is 1.00 bits per heavy atom. The van der Waals surface area contributed by atoms with E-state index in [1.165, 1.54) is 0 Å². The second kappa shape index (κ2) is 6.28. The molecular weight excluding hydrogens is 302 g/mol. The number of hydrogen-bond donors (Lipinski definition) is 1. The van der Waals surface area contributed by atoms with Gasteiger partial charge in [0.2, 0.25) is 5.91 Å². The van der Waals surface area contributed by atoms with E-state index in [0.29, 0.717) is 18.7 Å². The van der Waals surface area contributed by atoms with Gasteiger partial charge in [0.05, 0.1) is 0 Å². The van der Waals surface area contributed by atoms with Gasteiger partial charge in [0.25, 0.3) is 0 Å². The molecule has 2 aromatic heterocycles. The van der Waals surface area contributed by atoms with E-state index in [9.17, 15) is 4.79 Å². The zero-order chi connectivity index (χ0) is 16.4. The molecule has 1 saturated carbocycles. The van der Waals surface area contributed by atoms with Crippen molar-refractivity contribution in [3.05, 3.63) is 60.9 Å². The highest BCUT2D eigenvalue weighted by molar-refractivity contribution is 5.92. The van der Waals surface area contributed by atoms with Gasteiger partial charge < -0.3 is 10.1 Å². The summed E-state index contributed by atoms with van der Waals surface area (Å²) in [5.74, 6) is 1.34. The van der Waals surface area contributed by atoms with E-state index in [0.717, 1.165) is 16.7 Å². The van der Waals surface area contributed by atoms with Crippen LogP contribution in [-0.4, -0.2) is 22.0 Å². The minimum atomic E-state index is -0.0278. The van der Waals surface area contributed by atoms with E-state index < -0.39 is 0 Å². The molecular formula is C19H17N3O2. The molecule has 1 aliphatic carbocycles. The SMILES string of the molecule is O=C(Nc1ccccn1)[C@H]1C[C@H](Oc2cccc3cccnc23)C1. The molecule has 0 atom stereocenters. The third-order valence-electron chi connectivity index (χ3n) is 4.27. The van der Waals surface area contributed by atoms with Crippen LogP contribution in [0.3, 0.4) is 0 Å². The van der Waals surface area contributed by atoms with Gasteiger partial charge >= 0.3 is 0 Å². The number of fused-ring (bicyclic) bond motifs is 1. The number of pyridine rings is 2. The molecule has 1 aliphatic rings. The van der Waals surface area contributed by atoms with Crippen molar-refractivity contribution >= 4 is 22.6 Å². The van der Waals surface area contributed by atoms with Gasteiger partial charge in [0.15, 0.2) is 0 Å². The predicted octanol–water partition coefficient (Wildman–Crippen LogP) is 3.43. The molecule has 0 radical (unpaired) electrons. The Labute approximate surface area is 139 Å². The summed E-state index contributed by atoms with van der Waals surface area (Å²) >= 11 is 0. The van der Waals surface area contributed by atoms with Crippen LogP contribution in [0.25, 0.3) is 10.9 Å². The Kier molecular flexibility index (Phi) is 3.83. The van der Waals surface area contributed by atoms with Gasteiger partial charge in [-0.05, 0) is 37.1 Å². The minimum absolute atomic E-state index is 0.00425. The second-order valence-corrected chi connectivity index (χ2v) is 5.94. The topological polar surface area (TPSA) is 64.1 Å². The smallest absolute Gasteiger partial charge is 0.228 e. The zero-order valence-corrected chi connectivity index (χ0v) is 13.1. The van der Waals surface area contributed by atoms with Crippen LogP contribution in [0.1, 0.15) is 12.8 Å². The lowest BCUT2D eigenvalue weighted by Gasteiger charge is -2.34. The van der Waals surface area contributed by atoms with Crippen LogP contribution in [0, 0.1) is 5.92 Å². The average Bonchev–Trinajstić information content (AvgIpc) is 2.58. The summed E-state index contributed by atoms with van der Waals surface area (Å²) in [6.45, 7) is 0. The maximum atomic E-state index is 12.2. The normalized spacial score (nSPS) is 19.5. The summed E-state index contributed by atoms with van der Waals surface area (Å²) in [5, 5.41) is 3.89. The number of carbonyl (C=O) groups excluding carboxylic acids is 1. The van der Waals surface area contributed by atoms with E-state index in [1.54, 1.807) is 18.5 Å². The van der Waals surface area contributed by atoms with Gasteiger partial charge in [-0.1, -0.05) is 24.3 Å². The molecule has 120 valence electrons. The lowest BCUT2D eigenvalue weighted by atomic mass is 9.81. The number of amides is 1. The van der Waals surface area contributed by atoms with E-state index >= 15 is 0 Å². The molecule has 0 spiro atoms. The van der Waals surface area contributed by atoms with Crippen molar-refractivity contribution in [2.75, 3.05) is 5.32 Å². The Bertz CT molecular complexity index is 855. The number of carbonyl (C=O) groups is 1. The summed E-state index contributed by atoms with van der Waals surface area (Å²) in [6, 6.07) is 15.3. The molecule has 4 rings (SSSR count). The second-order valence-electron chi connectivity index (χ2n) is 5.94. The first-order chi connectivity index (χ1) is 11.8. The molecule has 1 aromatic carbocycles. The van der Waals surface area contributed by atoms with Crippen LogP contribution in [0.2, 0.25) is 0 Å². The Hall–Kier alpha value is -2.95. The Morgan fingerprint density at radius 2 is 1.83 bits per heavy atom. The number of nitrogens with one attached hydrogen (secondary N) is 1. The summed E-state index contributed by atoms with van der Waals surface area (Å²) in [6.07, 6.45) is 4.90. The van der Waals surface area contributed by atoms with Crippen LogP contribution in [0.5, 0.6) is 5.75 Å². The molecule has 1 amide bonds. The first-order valence-electron chi connectivity index (χ1n) is 8.02. The molecule has 24 heavy (non-hydrogen) atoms. The van der Waals surface area contributed by atoms with Crippen LogP contribution >= 0.6 is 0 Å². The summed E-state index contributed by atoms with van der Waals surface area (Å²) < 4.78 is 6.04.